The van der Waals surface area contributed by atoms with Gasteiger partial charge in [0.1, 0.15) is 0 Å². The molecule has 0 fully saturated rings. The normalized spacial score (nSPS) is 10.4. The van der Waals surface area contributed by atoms with Crippen molar-refractivity contribution in [3.05, 3.63) is 23.8 Å². The first-order valence-corrected chi connectivity index (χ1v) is 5.00. The summed E-state index contributed by atoms with van der Waals surface area (Å²) >= 11 is 0. The largest absolute Gasteiger partial charge is 0.493 e. The van der Waals surface area contributed by atoms with E-state index in [1.807, 2.05) is 19.1 Å². The van der Waals surface area contributed by atoms with Gasteiger partial charge in [0, 0.05) is 5.56 Å². The molecule has 0 radical (unpaired) electrons. The zero-order valence-corrected chi connectivity index (χ0v) is 9.33. The third kappa shape index (κ3) is 2.19. The first kappa shape index (κ1) is 10.9. The Morgan fingerprint density at radius 3 is 2.50 bits per heavy atom. The summed E-state index contributed by atoms with van der Waals surface area (Å²) in [5.74, 6) is 2.15. The maximum absolute atomic E-state index is 5.60. The van der Waals surface area contributed by atoms with Gasteiger partial charge in [0.2, 0.25) is 0 Å². The molecule has 78 valence electrons. The minimum absolute atomic E-state index is 0.451. The van der Waals surface area contributed by atoms with Crippen molar-refractivity contribution in [3.8, 4) is 11.5 Å². The Kier molecular flexibility index (Phi) is 3.81. The molecule has 0 unspecified atom stereocenters. The van der Waals surface area contributed by atoms with Crippen LogP contribution in [-0.4, -0.2) is 13.7 Å². The molecular formula is C12H18O2. The molecule has 0 saturated carbocycles. The van der Waals surface area contributed by atoms with Crippen LogP contribution >= 0.6 is 0 Å². The number of rotatable bonds is 4. The van der Waals surface area contributed by atoms with Crippen LogP contribution in [0, 0.1) is 0 Å². The molecule has 2 heteroatoms. The van der Waals surface area contributed by atoms with Gasteiger partial charge in [0.05, 0.1) is 13.7 Å². The topological polar surface area (TPSA) is 18.5 Å². The van der Waals surface area contributed by atoms with E-state index in [2.05, 4.69) is 19.9 Å². The summed E-state index contributed by atoms with van der Waals surface area (Å²) in [4.78, 5) is 0. The van der Waals surface area contributed by atoms with Crippen molar-refractivity contribution in [2.24, 2.45) is 0 Å². The molecule has 0 amide bonds. The summed E-state index contributed by atoms with van der Waals surface area (Å²) in [6.45, 7) is 6.95. The summed E-state index contributed by atoms with van der Waals surface area (Å²) in [7, 11) is 1.67. The smallest absolute Gasteiger partial charge is 0.164 e. The third-order valence-corrected chi connectivity index (χ3v) is 2.14. The molecule has 1 rings (SSSR count). The van der Waals surface area contributed by atoms with Crippen LogP contribution in [0.25, 0.3) is 0 Å². The minimum Gasteiger partial charge on any atom is -0.493 e. The molecular weight excluding hydrogens is 176 g/mol. The van der Waals surface area contributed by atoms with E-state index in [4.69, 9.17) is 9.47 Å². The Morgan fingerprint density at radius 1 is 1.29 bits per heavy atom. The summed E-state index contributed by atoms with van der Waals surface area (Å²) < 4.78 is 10.9. The fraction of sp³-hybridized carbons (Fsp3) is 0.500. The summed E-state index contributed by atoms with van der Waals surface area (Å²) in [6.07, 6.45) is 0. The van der Waals surface area contributed by atoms with Crippen LogP contribution in [0.15, 0.2) is 18.2 Å². The second-order valence-electron chi connectivity index (χ2n) is 3.47. The summed E-state index contributed by atoms with van der Waals surface area (Å²) in [5, 5.41) is 0. The first-order chi connectivity index (χ1) is 6.70. The van der Waals surface area contributed by atoms with Gasteiger partial charge in [-0.15, -0.1) is 0 Å². The highest BCUT2D eigenvalue weighted by Gasteiger charge is 2.12. The van der Waals surface area contributed by atoms with Gasteiger partial charge in [0.15, 0.2) is 11.5 Å². The molecule has 0 spiro atoms. The molecule has 0 heterocycles. The van der Waals surface area contributed by atoms with Gasteiger partial charge in [-0.3, -0.25) is 0 Å². The number of methoxy groups -OCH3 is 1. The van der Waals surface area contributed by atoms with E-state index < -0.39 is 0 Å². The molecule has 0 saturated heterocycles. The SMILES string of the molecule is CCOc1c(OC)cccc1C(C)C. The van der Waals surface area contributed by atoms with E-state index in [1.54, 1.807) is 7.11 Å². The molecule has 1 aromatic rings. The van der Waals surface area contributed by atoms with E-state index in [9.17, 15) is 0 Å². The number of benzene rings is 1. The molecule has 2 nitrogen and oxygen atoms in total. The van der Waals surface area contributed by atoms with Crippen LogP contribution in [-0.2, 0) is 0 Å². The van der Waals surface area contributed by atoms with Gasteiger partial charge in [-0.1, -0.05) is 26.0 Å². The Labute approximate surface area is 85.8 Å². The number of para-hydroxylation sites is 1. The van der Waals surface area contributed by atoms with Crippen molar-refractivity contribution in [2.45, 2.75) is 26.7 Å². The number of hydrogen-bond donors (Lipinski definition) is 0. The van der Waals surface area contributed by atoms with Crippen LogP contribution in [0.2, 0.25) is 0 Å². The molecule has 0 atom stereocenters. The van der Waals surface area contributed by atoms with Crippen molar-refractivity contribution >= 4 is 0 Å². The lowest BCUT2D eigenvalue weighted by Crippen LogP contribution is -2.00. The maximum Gasteiger partial charge on any atom is 0.164 e. The Morgan fingerprint density at radius 2 is 2.00 bits per heavy atom. The number of hydrogen-bond acceptors (Lipinski definition) is 2. The lowest BCUT2D eigenvalue weighted by atomic mass is 10.0. The standard InChI is InChI=1S/C12H18O2/c1-5-14-12-10(9(2)3)7-6-8-11(12)13-4/h6-9H,5H2,1-4H3. The monoisotopic (exact) mass is 194 g/mol. The zero-order chi connectivity index (χ0) is 10.6. The van der Waals surface area contributed by atoms with Crippen molar-refractivity contribution in [2.75, 3.05) is 13.7 Å². The van der Waals surface area contributed by atoms with Crippen molar-refractivity contribution < 1.29 is 9.47 Å². The molecule has 0 aliphatic heterocycles. The second-order valence-corrected chi connectivity index (χ2v) is 3.47. The predicted octanol–water partition coefficient (Wildman–Crippen LogP) is 3.22. The first-order valence-electron chi connectivity index (χ1n) is 5.00. The predicted molar refractivity (Wildman–Crippen MR) is 58.3 cm³/mol. The van der Waals surface area contributed by atoms with Crippen LogP contribution < -0.4 is 9.47 Å². The average Bonchev–Trinajstić information content (AvgIpc) is 2.18. The van der Waals surface area contributed by atoms with E-state index in [-0.39, 0.29) is 0 Å². The Balaban J connectivity index is 3.13. The highest BCUT2D eigenvalue weighted by atomic mass is 16.5. The second kappa shape index (κ2) is 4.89. The third-order valence-electron chi connectivity index (χ3n) is 2.14. The highest BCUT2D eigenvalue weighted by Crippen LogP contribution is 2.35. The number of ether oxygens (including phenoxy) is 2. The van der Waals surface area contributed by atoms with E-state index in [0.29, 0.717) is 12.5 Å². The highest BCUT2D eigenvalue weighted by molar-refractivity contribution is 5.47. The van der Waals surface area contributed by atoms with Gasteiger partial charge in [-0.05, 0) is 18.9 Å². The van der Waals surface area contributed by atoms with E-state index >= 15 is 0 Å². The van der Waals surface area contributed by atoms with Crippen molar-refractivity contribution in [3.63, 3.8) is 0 Å². The molecule has 0 aliphatic carbocycles. The fourth-order valence-corrected chi connectivity index (χ4v) is 1.45. The van der Waals surface area contributed by atoms with Crippen LogP contribution in [0.4, 0.5) is 0 Å². The van der Waals surface area contributed by atoms with E-state index in [1.165, 1.54) is 5.56 Å². The molecule has 0 bridgehead atoms. The lowest BCUT2D eigenvalue weighted by molar-refractivity contribution is 0.306. The average molecular weight is 194 g/mol. The zero-order valence-electron chi connectivity index (χ0n) is 9.33. The quantitative estimate of drug-likeness (QED) is 0.732. The van der Waals surface area contributed by atoms with Crippen LogP contribution in [0.3, 0.4) is 0 Å². The van der Waals surface area contributed by atoms with Crippen molar-refractivity contribution in [1.82, 2.24) is 0 Å². The van der Waals surface area contributed by atoms with Crippen LogP contribution in [0.1, 0.15) is 32.3 Å². The fourth-order valence-electron chi connectivity index (χ4n) is 1.45. The Bertz CT molecular complexity index is 292. The molecule has 14 heavy (non-hydrogen) atoms. The van der Waals surface area contributed by atoms with Gasteiger partial charge in [-0.2, -0.15) is 0 Å². The van der Waals surface area contributed by atoms with Crippen molar-refractivity contribution in [1.29, 1.82) is 0 Å². The Hall–Kier alpha value is -1.18. The van der Waals surface area contributed by atoms with Gasteiger partial charge >= 0.3 is 0 Å². The van der Waals surface area contributed by atoms with Crippen LogP contribution in [0.5, 0.6) is 11.5 Å². The molecule has 1 aromatic carbocycles. The summed E-state index contributed by atoms with van der Waals surface area (Å²) in [5.41, 5.74) is 1.20. The maximum atomic E-state index is 5.60. The molecule has 0 aliphatic rings. The molecule has 0 N–H and O–H groups in total. The lowest BCUT2D eigenvalue weighted by Gasteiger charge is -2.15. The minimum atomic E-state index is 0.451. The van der Waals surface area contributed by atoms with Gasteiger partial charge in [-0.25, -0.2) is 0 Å². The van der Waals surface area contributed by atoms with E-state index in [0.717, 1.165) is 11.5 Å². The summed E-state index contributed by atoms with van der Waals surface area (Å²) in [6, 6.07) is 6.01. The van der Waals surface area contributed by atoms with Gasteiger partial charge in [0.25, 0.3) is 0 Å². The molecule has 0 aromatic heterocycles. The van der Waals surface area contributed by atoms with Gasteiger partial charge < -0.3 is 9.47 Å².